The van der Waals surface area contributed by atoms with E-state index < -0.39 is 9.84 Å². The van der Waals surface area contributed by atoms with Crippen molar-refractivity contribution in [2.45, 2.75) is 55.4 Å². The van der Waals surface area contributed by atoms with Gasteiger partial charge in [0.15, 0.2) is 9.84 Å². The fourth-order valence-electron chi connectivity index (χ4n) is 4.05. The molecular formula is C16H23NO2S. The Labute approximate surface area is 121 Å². The molecule has 3 unspecified atom stereocenters. The normalized spacial score (nSPS) is 35.7. The second-order valence-corrected chi connectivity index (χ2v) is 8.48. The molecule has 1 aromatic carbocycles. The van der Waals surface area contributed by atoms with Crippen LogP contribution in [-0.2, 0) is 9.84 Å². The van der Waals surface area contributed by atoms with Crippen molar-refractivity contribution in [3.8, 4) is 0 Å². The maximum absolute atomic E-state index is 12.3. The highest BCUT2D eigenvalue weighted by Gasteiger charge is 2.47. The first-order chi connectivity index (χ1) is 9.46. The Hall–Kier alpha value is -0.870. The molecule has 3 nitrogen and oxygen atoms in total. The zero-order valence-corrected chi connectivity index (χ0v) is 12.8. The average Bonchev–Trinajstić information content (AvgIpc) is 2.72. The van der Waals surface area contributed by atoms with E-state index in [1.807, 2.05) is 12.1 Å². The van der Waals surface area contributed by atoms with E-state index >= 15 is 0 Å². The molecule has 1 aliphatic heterocycles. The Morgan fingerprint density at radius 2 is 2.10 bits per heavy atom. The van der Waals surface area contributed by atoms with Crippen molar-refractivity contribution in [1.82, 2.24) is 0 Å². The van der Waals surface area contributed by atoms with E-state index in [0.717, 1.165) is 31.2 Å². The minimum atomic E-state index is -3.15. The van der Waals surface area contributed by atoms with Crippen molar-refractivity contribution in [3.63, 3.8) is 0 Å². The van der Waals surface area contributed by atoms with Crippen LogP contribution < -0.4 is 5.73 Å². The molecule has 2 aliphatic rings. The van der Waals surface area contributed by atoms with Gasteiger partial charge in [-0.15, -0.1) is 0 Å². The number of sulfone groups is 1. The number of fused-ring (bicyclic) bond motifs is 1. The molecule has 1 aliphatic carbocycles. The van der Waals surface area contributed by atoms with Gasteiger partial charge in [0.05, 0.1) is 10.6 Å². The highest BCUT2D eigenvalue weighted by molar-refractivity contribution is 7.91. The second kappa shape index (κ2) is 4.85. The topological polar surface area (TPSA) is 60.2 Å². The first-order valence-electron chi connectivity index (χ1n) is 7.57. The van der Waals surface area contributed by atoms with E-state index in [-0.39, 0.29) is 17.2 Å². The molecular weight excluding hydrogens is 270 g/mol. The van der Waals surface area contributed by atoms with Gasteiger partial charge >= 0.3 is 0 Å². The summed E-state index contributed by atoms with van der Waals surface area (Å²) < 4.78 is 24.7. The van der Waals surface area contributed by atoms with Crippen LogP contribution in [0.4, 0.5) is 0 Å². The lowest BCUT2D eigenvalue weighted by molar-refractivity contribution is 0.194. The van der Waals surface area contributed by atoms with Crippen molar-refractivity contribution in [1.29, 1.82) is 0 Å². The fourth-order valence-corrected chi connectivity index (χ4v) is 6.04. The molecule has 0 spiro atoms. The van der Waals surface area contributed by atoms with Gasteiger partial charge in [-0.05, 0) is 30.4 Å². The lowest BCUT2D eigenvalue weighted by Gasteiger charge is -2.42. The third-order valence-corrected chi connectivity index (χ3v) is 7.02. The van der Waals surface area contributed by atoms with Gasteiger partial charge in [0.2, 0.25) is 0 Å². The largest absolute Gasteiger partial charge is 0.325 e. The Kier molecular flexibility index (Phi) is 3.41. The summed E-state index contributed by atoms with van der Waals surface area (Å²) in [7, 11) is -3.15. The van der Waals surface area contributed by atoms with Crippen LogP contribution in [0.3, 0.4) is 0 Å². The highest BCUT2D eigenvalue weighted by Crippen LogP contribution is 2.47. The van der Waals surface area contributed by atoms with Crippen LogP contribution >= 0.6 is 0 Å². The third kappa shape index (κ3) is 2.19. The molecule has 4 heteroatoms. The zero-order chi connectivity index (χ0) is 14.4. The molecule has 2 N–H and O–H groups in total. The van der Waals surface area contributed by atoms with Gasteiger partial charge in [-0.1, -0.05) is 44.4 Å². The molecule has 0 radical (unpaired) electrons. The summed E-state index contributed by atoms with van der Waals surface area (Å²) in [6.07, 6.45) is 5.39. The fraction of sp³-hybridized carbons (Fsp3) is 0.625. The first kappa shape index (κ1) is 14.1. The minimum Gasteiger partial charge on any atom is -0.325 e. The first-order valence-corrected chi connectivity index (χ1v) is 9.22. The molecule has 110 valence electrons. The predicted molar refractivity (Wildman–Crippen MR) is 80.4 cm³/mol. The van der Waals surface area contributed by atoms with E-state index in [9.17, 15) is 8.42 Å². The highest BCUT2D eigenvalue weighted by atomic mass is 32.2. The summed E-state index contributed by atoms with van der Waals surface area (Å²) in [5, 5.41) is 0. The van der Waals surface area contributed by atoms with Crippen molar-refractivity contribution in [3.05, 3.63) is 29.8 Å². The SMILES string of the molecule is CCC1CCCC(N)(C2CS(=O)(=O)c3ccccc32)C1. The van der Waals surface area contributed by atoms with Crippen molar-refractivity contribution < 1.29 is 8.42 Å². The Balaban J connectivity index is 2.00. The van der Waals surface area contributed by atoms with Crippen molar-refractivity contribution in [2.24, 2.45) is 11.7 Å². The lowest BCUT2D eigenvalue weighted by Crippen LogP contribution is -2.50. The summed E-state index contributed by atoms with van der Waals surface area (Å²) in [4.78, 5) is 0.508. The summed E-state index contributed by atoms with van der Waals surface area (Å²) in [6.45, 7) is 2.20. The molecule has 3 atom stereocenters. The monoisotopic (exact) mass is 293 g/mol. The van der Waals surface area contributed by atoms with Crippen LogP contribution in [0, 0.1) is 5.92 Å². The molecule has 1 saturated carbocycles. The molecule has 20 heavy (non-hydrogen) atoms. The number of hydrogen-bond acceptors (Lipinski definition) is 3. The zero-order valence-electron chi connectivity index (χ0n) is 12.0. The van der Waals surface area contributed by atoms with Crippen LogP contribution in [-0.4, -0.2) is 19.7 Å². The van der Waals surface area contributed by atoms with E-state index in [1.165, 1.54) is 6.42 Å². The van der Waals surface area contributed by atoms with Crippen LogP contribution in [0.15, 0.2) is 29.2 Å². The summed E-state index contributed by atoms with van der Waals surface area (Å²) >= 11 is 0. The predicted octanol–water partition coefficient (Wildman–Crippen LogP) is 2.86. The van der Waals surface area contributed by atoms with Crippen LogP contribution in [0.5, 0.6) is 0 Å². The maximum atomic E-state index is 12.3. The summed E-state index contributed by atoms with van der Waals surface area (Å²) in [5.41, 5.74) is 7.30. The second-order valence-electron chi connectivity index (χ2n) is 6.48. The van der Waals surface area contributed by atoms with Gasteiger partial charge < -0.3 is 5.73 Å². The van der Waals surface area contributed by atoms with E-state index in [0.29, 0.717) is 10.8 Å². The van der Waals surface area contributed by atoms with Gasteiger partial charge in [0, 0.05) is 11.5 Å². The number of rotatable bonds is 2. The Bertz CT molecular complexity index is 611. The molecule has 0 bridgehead atoms. The van der Waals surface area contributed by atoms with Gasteiger partial charge in [-0.3, -0.25) is 0 Å². The average molecular weight is 293 g/mol. The molecule has 3 rings (SSSR count). The molecule has 1 heterocycles. The van der Waals surface area contributed by atoms with Gasteiger partial charge in [-0.2, -0.15) is 0 Å². The maximum Gasteiger partial charge on any atom is 0.179 e. The molecule has 0 aromatic heterocycles. The standard InChI is InChI=1S/C16H23NO2S/c1-2-12-6-5-9-16(17,10-12)14-11-20(18,19)15-8-4-3-7-13(14)15/h3-4,7-8,12,14H,2,5-6,9-11,17H2,1H3. The van der Waals surface area contributed by atoms with Gasteiger partial charge in [-0.25, -0.2) is 8.42 Å². The van der Waals surface area contributed by atoms with Gasteiger partial charge in [0.1, 0.15) is 0 Å². The van der Waals surface area contributed by atoms with E-state index in [4.69, 9.17) is 5.73 Å². The van der Waals surface area contributed by atoms with Crippen molar-refractivity contribution in [2.75, 3.05) is 5.75 Å². The number of benzene rings is 1. The number of nitrogens with two attached hydrogens (primary N) is 1. The van der Waals surface area contributed by atoms with Crippen LogP contribution in [0.2, 0.25) is 0 Å². The van der Waals surface area contributed by atoms with Gasteiger partial charge in [0.25, 0.3) is 0 Å². The van der Waals surface area contributed by atoms with Crippen molar-refractivity contribution >= 4 is 9.84 Å². The van der Waals surface area contributed by atoms with Crippen LogP contribution in [0.1, 0.15) is 50.5 Å². The summed E-state index contributed by atoms with van der Waals surface area (Å²) in [6, 6.07) is 7.41. The molecule has 1 fully saturated rings. The molecule has 0 saturated heterocycles. The van der Waals surface area contributed by atoms with E-state index in [2.05, 4.69) is 6.92 Å². The molecule has 0 amide bonds. The Morgan fingerprint density at radius 1 is 1.35 bits per heavy atom. The van der Waals surface area contributed by atoms with Crippen LogP contribution in [0.25, 0.3) is 0 Å². The smallest absolute Gasteiger partial charge is 0.179 e. The Morgan fingerprint density at radius 3 is 2.85 bits per heavy atom. The molecule has 1 aromatic rings. The lowest BCUT2D eigenvalue weighted by atomic mass is 9.67. The number of hydrogen-bond donors (Lipinski definition) is 1. The summed E-state index contributed by atoms with van der Waals surface area (Å²) in [5.74, 6) is 0.807. The quantitative estimate of drug-likeness (QED) is 0.912. The van der Waals surface area contributed by atoms with E-state index in [1.54, 1.807) is 12.1 Å². The third-order valence-electron chi connectivity index (χ3n) is 5.21. The minimum absolute atomic E-state index is 0.0296.